The predicted molar refractivity (Wildman–Crippen MR) is 70.9 cm³/mol. The molecule has 0 aliphatic heterocycles. The van der Waals surface area contributed by atoms with E-state index in [2.05, 4.69) is 23.5 Å². The van der Waals surface area contributed by atoms with Gasteiger partial charge in [0.2, 0.25) is 0 Å². The molecular formula is C12H25NO2S. The van der Waals surface area contributed by atoms with Crippen molar-refractivity contribution in [3.63, 3.8) is 0 Å². The lowest BCUT2D eigenvalue weighted by atomic mass is 9.98. The number of carbonyl (C=O) groups is 1. The Hall–Kier alpha value is -0.220. The second-order valence-electron chi connectivity index (χ2n) is 5.37. The fourth-order valence-electron chi connectivity index (χ4n) is 2.03. The van der Waals surface area contributed by atoms with Gasteiger partial charge in [-0.2, -0.15) is 10.2 Å². The highest BCUT2D eigenvalue weighted by molar-refractivity contribution is 8.30. The third-order valence-corrected chi connectivity index (χ3v) is 3.78. The van der Waals surface area contributed by atoms with Gasteiger partial charge in [-0.3, -0.25) is 9.52 Å². The molecule has 1 rings (SSSR count). The van der Waals surface area contributed by atoms with Crippen molar-refractivity contribution in [1.29, 1.82) is 0 Å². The van der Waals surface area contributed by atoms with Crippen LogP contribution in [-0.2, 0) is 9.53 Å². The summed E-state index contributed by atoms with van der Waals surface area (Å²) in [6, 6.07) is -0.183. The van der Waals surface area contributed by atoms with E-state index in [1.165, 1.54) is 19.3 Å². The molecule has 0 amide bonds. The number of carbonyl (C=O) groups excluding carboxylic acids is 1. The van der Waals surface area contributed by atoms with E-state index in [-0.39, 0.29) is 18.1 Å². The van der Waals surface area contributed by atoms with Gasteiger partial charge in [-0.25, -0.2) is 0 Å². The van der Waals surface area contributed by atoms with Gasteiger partial charge >= 0.3 is 5.97 Å². The van der Waals surface area contributed by atoms with Crippen molar-refractivity contribution in [3.05, 3.63) is 0 Å². The van der Waals surface area contributed by atoms with Crippen LogP contribution in [0.2, 0.25) is 0 Å². The predicted octanol–water partition coefficient (Wildman–Crippen LogP) is 2.45. The van der Waals surface area contributed by atoms with Crippen LogP contribution in [0.1, 0.15) is 39.0 Å². The Labute approximate surface area is 101 Å². The molecule has 1 atom stereocenters. The largest absolute Gasteiger partial charge is 0.461 e. The monoisotopic (exact) mass is 247 g/mol. The molecule has 3 nitrogen and oxygen atoms in total. The molecule has 1 aliphatic rings. The van der Waals surface area contributed by atoms with E-state index in [1.807, 2.05) is 6.92 Å². The first-order chi connectivity index (χ1) is 7.38. The van der Waals surface area contributed by atoms with E-state index in [9.17, 15) is 4.79 Å². The van der Waals surface area contributed by atoms with E-state index in [1.54, 1.807) is 0 Å². The van der Waals surface area contributed by atoms with E-state index in [4.69, 9.17) is 4.74 Å². The summed E-state index contributed by atoms with van der Waals surface area (Å²) in [6.45, 7) is 1.89. The van der Waals surface area contributed by atoms with Crippen LogP contribution in [0, 0.1) is 0 Å². The molecule has 1 aliphatic carbocycles. The summed E-state index contributed by atoms with van der Waals surface area (Å²) in [7, 11) is -0.860. The normalized spacial score (nSPS) is 21.5. The number of ether oxygens (including phenoxy) is 1. The van der Waals surface area contributed by atoms with Crippen molar-refractivity contribution < 1.29 is 9.53 Å². The number of hydrogen-bond acceptors (Lipinski definition) is 3. The standard InChI is InChI=1S/C12H25NO2S/c1-10(13-16(2,3)4)12(14)15-11-8-6-5-7-9-11/h10-11,13H,5-9H2,1-4H3. The Morgan fingerprint density at radius 2 is 1.81 bits per heavy atom. The van der Waals surface area contributed by atoms with E-state index >= 15 is 0 Å². The molecule has 0 radical (unpaired) electrons. The van der Waals surface area contributed by atoms with Gasteiger partial charge in [0.25, 0.3) is 0 Å². The maximum absolute atomic E-state index is 11.8. The summed E-state index contributed by atoms with van der Waals surface area (Å²) in [5.74, 6) is -0.0886. The SMILES string of the molecule is CC(NS(C)(C)C)C(=O)OC1CCCCC1. The number of nitrogens with one attached hydrogen (secondary N) is 1. The van der Waals surface area contributed by atoms with Crippen molar-refractivity contribution in [1.82, 2.24) is 4.72 Å². The lowest BCUT2D eigenvalue weighted by molar-refractivity contribution is -0.152. The van der Waals surface area contributed by atoms with Gasteiger partial charge in [0, 0.05) is 0 Å². The van der Waals surface area contributed by atoms with Crippen LogP contribution in [0.3, 0.4) is 0 Å². The third kappa shape index (κ3) is 5.21. The number of rotatable bonds is 4. The molecule has 0 aromatic rings. The summed E-state index contributed by atoms with van der Waals surface area (Å²) >= 11 is 0. The summed E-state index contributed by atoms with van der Waals surface area (Å²) < 4.78 is 8.83. The van der Waals surface area contributed by atoms with Gasteiger partial charge in [-0.05, 0) is 51.4 Å². The molecule has 0 spiro atoms. The van der Waals surface area contributed by atoms with Gasteiger partial charge < -0.3 is 4.74 Å². The smallest absolute Gasteiger partial charge is 0.323 e. The maximum atomic E-state index is 11.8. The minimum Gasteiger partial charge on any atom is -0.461 e. The fourth-order valence-corrected chi connectivity index (χ4v) is 3.18. The molecule has 1 saturated carbocycles. The summed E-state index contributed by atoms with van der Waals surface area (Å²) in [5.41, 5.74) is 0. The molecule has 0 aromatic carbocycles. The second kappa shape index (κ2) is 5.92. The third-order valence-electron chi connectivity index (χ3n) is 2.72. The van der Waals surface area contributed by atoms with Crippen molar-refractivity contribution >= 4 is 16.2 Å². The van der Waals surface area contributed by atoms with E-state index in [0.29, 0.717) is 0 Å². The topological polar surface area (TPSA) is 38.3 Å². The van der Waals surface area contributed by atoms with Gasteiger partial charge in [0.1, 0.15) is 12.1 Å². The molecule has 0 heterocycles. The first kappa shape index (κ1) is 13.8. The highest BCUT2D eigenvalue weighted by atomic mass is 32.3. The van der Waals surface area contributed by atoms with Crippen LogP contribution in [0.15, 0.2) is 0 Å². The molecule has 4 heteroatoms. The Kier molecular flexibility index (Phi) is 5.12. The highest BCUT2D eigenvalue weighted by Gasteiger charge is 2.23. The molecule has 0 bridgehead atoms. The highest BCUT2D eigenvalue weighted by Crippen LogP contribution is 2.30. The van der Waals surface area contributed by atoms with Gasteiger partial charge in [0.05, 0.1) is 0 Å². The zero-order valence-electron chi connectivity index (χ0n) is 10.9. The minimum absolute atomic E-state index is 0.0886. The maximum Gasteiger partial charge on any atom is 0.323 e. The van der Waals surface area contributed by atoms with Crippen LogP contribution in [0.4, 0.5) is 0 Å². The average Bonchev–Trinajstić information content (AvgIpc) is 2.16. The van der Waals surface area contributed by atoms with E-state index < -0.39 is 10.2 Å². The minimum atomic E-state index is -0.860. The first-order valence-electron chi connectivity index (χ1n) is 6.04. The Balaban J connectivity index is 2.33. The number of hydrogen-bond donors (Lipinski definition) is 1. The van der Waals surface area contributed by atoms with E-state index in [0.717, 1.165) is 12.8 Å². The molecule has 1 fully saturated rings. The van der Waals surface area contributed by atoms with Crippen LogP contribution in [0.5, 0.6) is 0 Å². The van der Waals surface area contributed by atoms with Crippen molar-refractivity contribution in [2.24, 2.45) is 0 Å². The molecule has 1 unspecified atom stereocenters. The summed E-state index contributed by atoms with van der Waals surface area (Å²) in [6.07, 6.45) is 12.3. The molecular weight excluding hydrogens is 222 g/mol. The summed E-state index contributed by atoms with van der Waals surface area (Å²) in [4.78, 5) is 11.8. The average molecular weight is 247 g/mol. The molecule has 1 N–H and O–H groups in total. The summed E-state index contributed by atoms with van der Waals surface area (Å²) in [5, 5.41) is 0. The Morgan fingerprint density at radius 1 is 1.25 bits per heavy atom. The Morgan fingerprint density at radius 3 is 2.31 bits per heavy atom. The van der Waals surface area contributed by atoms with Crippen molar-refractivity contribution in [2.75, 3.05) is 18.8 Å². The number of esters is 1. The second-order valence-corrected chi connectivity index (χ2v) is 9.28. The molecule has 96 valence electrons. The lowest BCUT2D eigenvalue weighted by Crippen LogP contribution is -2.38. The zero-order chi connectivity index (χ0) is 12.2. The van der Waals surface area contributed by atoms with Crippen LogP contribution < -0.4 is 4.72 Å². The van der Waals surface area contributed by atoms with Crippen molar-refractivity contribution in [2.45, 2.75) is 51.2 Å². The Bertz CT molecular complexity index is 232. The molecule has 0 saturated heterocycles. The van der Waals surface area contributed by atoms with Crippen LogP contribution >= 0.6 is 10.2 Å². The van der Waals surface area contributed by atoms with Crippen LogP contribution in [0.25, 0.3) is 0 Å². The zero-order valence-corrected chi connectivity index (χ0v) is 11.7. The lowest BCUT2D eigenvalue weighted by Gasteiger charge is -2.31. The van der Waals surface area contributed by atoms with Crippen LogP contribution in [-0.4, -0.2) is 36.9 Å². The van der Waals surface area contributed by atoms with Gasteiger partial charge in [-0.1, -0.05) is 6.42 Å². The fraction of sp³-hybridized carbons (Fsp3) is 0.917. The van der Waals surface area contributed by atoms with Gasteiger partial charge in [0.15, 0.2) is 0 Å². The first-order valence-corrected chi connectivity index (χ1v) is 8.90. The molecule has 16 heavy (non-hydrogen) atoms. The molecule has 0 aromatic heterocycles. The quantitative estimate of drug-likeness (QED) is 0.776. The van der Waals surface area contributed by atoms with Crippen molar-refractivity contribution in [3.8, 4) is 0 Å². The van der Waals surface area contributed by atoms with Gasteiger partial charge in [-0.15, -0.1) is 0 Å².